The molecule has 1 aliphatic rings. The molecule has 2 aromatic rings. The van der Waals surface area contributed by atoms with Crippen LogP contribution in [-0.4, -0.2) is 68.6 Å². The maximum Gasteiger partial charge on any atom is 0.227 e. The molecule has 2 aromatic carbocycles. The van der Waals surface area contributed by atoms with Crippen LogP contribution in [0.2, 0.25) is 0 Å². The molecule has 7 heteroatoms. The maximum atomic E-state index is 12.9. The van der Waals surface area contributed by atoms with Crippen molar-refractivity contribution in [3.63, 3.8) is 0 Å². The van der Waals surface area contributed by atoms with Gasteiger partial charge in [-0.3, -0.25) is 9.59 Å². The Morgan fingerprint density at radius 1 is 0.781 bits per heavy atom. The molecular weight excluding hydrogens is 408 g/mol. The summed E-state index contributed by atoms with van der Waals surface area (Å²) >= 11 is 0. The smallest absolute Gasteiger partial charge is 0.227 e. The van der Waals surface area contributed by atoms with Gasteiger partial charge in [-0.2, -0.15) is 0 Å². The van der Waals surface area contributed by atoms with Gasteiger partial charge in [0.1, 0.15) is 5.75 Å². The lowest BCUT2D eigenvalue weighted by atomic mass is 10.1. The van der Waals surface area contributed by atoms with Gasteiger partial charge in [-0.25, -0.2) is 0 Å². The Kier molecular flexibility index (Phi) is 8.36. The Hall–Kier alpha value is -3.22. The largest absolute Gasteiger partial charge is 0.494 e. The number of ether oxygens (including phenoxy) is 3. The first-order valence-corrected chi connectivity index (χ1v) is 11.0. The molecule has 3 rings (SSSR count). The van der Waals surface area contributed by atoms with Crippen LogP contribution < -0.4 is 14.2 Å². The first-order valence-electron chi connectivity index (χ1n) is 11.0. The van der Waals surface area contributed by atoms with Crippen LogP contribution in [-0.2, 0) is 22.4 Å². The molecule has 0 unspecified atom stereocenters. The summed E-state index contributed by atoms with van der Waals surface area (Å²) in [6.07, 6.45) is 1.42. The van der Waals surface area contributed by atoms with Crippen LogP contribution in [0.15, 0.2) is 42.5 Å². The van der Waals surface area contributed by atoms with Crippen molar-refractivity contribution in [1.82, 2.24) is 9.80 Å². The van der Waals surface area contributed by atoms with Crippen molar-refractivity contribution in [2.75, 3.05) is 47.0 Å². The highest BCUT2D eigenvalue weighted by Crippen LogP contribution is 2.28. The monoisotopic (exact) mass is 440 g/mol. The number of nitrogens with zero attached hydrogens (tertiary/aromatic N) is 2. The number of rotatable bonds is 8. The molecule has 0 atom stereocenters. The Bertz CT molecular complexity index is 913. The lowest BCUT2D eigenvalue weighted by molar-refractivity contribution is -0.132. The molecule has 0 bridgehead atoms. The summed E-state index contributed by atoms with van der Waals surface area (Å²) in [5.74, 6) is 2.20. The molecule has 0 aliphatic carbocycles. The Morgan fingerprint density at radius 3 is 1.91 bits per heavy atom. The van der Waals surface area contributed by atoms with E-state index in [1.54, 1.807) is 14.2 Å². The van der Waals surface area contributed by atoms with Gasteiger partial charge < -0.3 is 24.0 Å². The van der Waals surface area contributed by atoms with Crippen LogP contribution in [0.1, 0.15) is 24.5 Å². The zero-order valence-electron chi connectivity index (χ0n) is 19.1. The van der Waals surface area contributed by atoms with Crippen LogP contribution in [0.4, 0.5) is 0 Å². The molecule has 7 nitrogen and oxygen atoms in total. The molecule has 1 fully saturated rings. The van der Waals surface area contributed by atoms with E-state index in [4.69, 9.17) is 14.2 Å². The minimum atomic E-state index is 0.0537. The van der Waals surface area contributed by atoms with Gasteiger partial charge in [0.15, 0.2) is 11.5 Å². The lowest BCUT2D eigenvalue weighted by Crippen LogP contribution is -2.38. The second kappa shape index (κ2) is 11.4. The van der Waals surface area contributed by atoms with Gasteiger partial charge in [0.2, 0.25) is 11.8 Å². The van der Waals surface area contributed by atoms with Crippen molar-refractivity contribution in [3.05, 3.63) is 53.6 Å². The lowest BCUT2D eigenvalue weighted by Gasteiger charge is -2.22. The van der Waals surface area contributed by atoms with E-state index in [2.05, 4.69) is 0 Å². The average Bonchev–Trinajstić information content (AvgIpc) is 3.07. The molecule has 2 amide bonds. The molecule has 1 aliphatic heterocycles. The zero-order valence-corrected chi connectivity index (χ0v) is 19.1. The van der Waals surface area contributed by atoms with Gasteiger partial charge in [-0.15, -0.1) is 0 Å². The van der Waals surface area contributed by atoms with Crippen molar-refractivity contribution in [2.45, 2.75) is 26.2 Å². The van der Waals surface area contributed by atoms with Crippen molar-refractivity contribution >= 4 is 11.8 Å². The van der Waals surface area contributed by atoms with Crippen molar-refractivity contribution < 1.29 is 23.8 Å². The second-order valence-corrected chi connectivity index (χ2v) is 7.73. The van der Waals surface area contributed by atoms with Crippen LogP contribution in [0.3, 0.4) is 0 Å². The third kappa shape index (κ3) is 6.15. The molecule has 0 saturated carbocycles. The number of benzene rings is 2. The zero-order chi connectivity index (χ0) is 22.9. The predicted octanol–water partition coefficient (Wildman–Crippen LogP) is 2.95. The normalized spacial score (nSPS) is 14.0. The first-order chi connectivity index (χ1) is 15.5. The number of carbonyl (C=O) groups is 2. The number of hydrogen-bond acceptors (Lipinski definition) is 5. The third-order valence-electron chi connectivity index (χ3n) is 5.59. The molecule has 1 heterocycles. The predicted molar refractivity (Wildman–Crippen MR) is 122 cm³/mol. The maximum absolute atomic E-state index is 12.9. The highest BCUT2D eigenvalue weighted by Gasteiger charge is 2.22. The summed E-state index contributed by atoms with van der Waals surface area (Å²) in [5, 5.41) is 0. The van der Waals surface area contributed by atoms with Gasteiger partial charge in [0.25, 0.3) is 0 Å². The molecule has 0 spiro atoms. The number of amides is 2. The van der Waals surface area contributed by atoms with E-state index in [1.165, 1.54) is 0 Å². The fraction of sp³-hybridized carbons (Fsp3) is 0.440. The minimum Gasteiger partial charge on any atom is -0.494 e. The van der Waals surface area contributed by atoms with Crippen LogP contribution in [0, 0.1) is 0 Å². The molecule has 172 valence electrons. The van der Waals surface area contributed by atoms with E-state index in [0.717, 1.165) is 23.3 Å². The molecule has 0 radical (unpaired) electrons. The van der Waals surface area contributed by atoms with E-state index >= 15 is 0 Å². The van der Waals surface area contributed by atoms with Gasteiger partial charge in [0.05, 0.1) is 33.7 Å². The number of hydrogen-bond donors (Lipinski definition) is 0. The second-order valence-electron chi connectivity index (χ2n) is 7.73. The minimum absolute atomic E-state index is 0.0537. The van der Waals surface area contributed by atoms with Gasteiger partial charge in [0, 0.05) is 26.2 Å². The van der Waals surface area contributed by atoms with E-state index in [-0.39, 0.29) is 11.8 Å². The van der Waals surface area contributed by atoms with Gasteiger partial charge >= 0.3 is 0 Å². The SMILES string of the molecule is CCOc1ccc(CC(=O)N2CCCN(C(=O)Cc3ccc(OC)c(OC)c3)CC2)cc1. The first kappa shape index (κ1) is 23.4. The van der Waals surface area contributed by atoms with Crippen LogP contribution >= 0.6 is 0 Å². The third-order valence-corrected chi connectivity index (χ3v) is 5.59. The summed E-state index contributed by atoms with van der Waals surface area (Å²) in [4.78, 5) is 29.4. The van der Waals surface area contributed by atoms with Crippen LogP contribution in [0.25, 0.3) is 0 Å². The van der Waals surface area contributed by atoms with E-state index in [1.807, 2.05) is 59.2 Å². The Labute approximate surface area is 189 Å². The topological polar surface area (TPSA) is 68.3 Å². The van der Waals surface area contributed by atoms with Crippen LogP contribution in [0.5, 0.6) is 17.2 Å². The van der Waals surface area contributed by atoms with Crippen molar-refractivity contribution in [1.29, 1.82) is 0 Å². The fourth-order valence-corrected chi connectivity index (χ4v) is 3.85. The van der Waals surface area contributed by atoms with Crippen molar-refractivity contribution in [3.8, 4) is 17.2 Å². The van der Waals surface area contributed by atoms with E-state index in [9.17, 15) is 9.59 Å². The standard InChI is InChI=1S/C25H32N2O5/c1-4-32-21-9-6-19(7-10-21)17-24(28)26-12-5-13-27(15-14-26)25(29)18-20-8-11-22(30-2)23(16-20)31-3/h6-11,16H,4-5,12-15,17-18H2,1-3H3. The molecule has 0 aromatic heterocycles. The van der Waals surface area contributed by atoms with Gasteiger partial charge in [-0.05, 0) is 48.7 Å². The molecule has 32 heavy (non-hydrogen) atoms. The summed E-state index contributed by atoms with van der Waals surface area (Å²) in [6, 6.07) is 13.2. The molecular formula is C25H32N2O5. The summed E-state index contributed by atoms with van der Waals surface area (Å²) < 4.78 is 16.0. The fourth-order valence-electron chi connectivity index (χ4n) is 3.85. The number of methoxy groups -OCH3 is 2. The molecule has 1 saturated heterocycles. The Morgan fingerprint density at radius 2 is 1.34 bits per heavy atom. The van der Waals surface area contributed by atoms with E-state index in [0.29, 0.717) is 57.1 Å². The van der Waals surface area contributed by atoms with Gasteiger partial charge in [-0.1, -0.05) is 18.2 Å². The molecule has 0 N–H and O–H groups in total. The van der Waals surface area contributed by atoms with Crippen molar-refractivity contribution in [2.24, 2.45) is 0 Å². The highest BCUT2D eigenvalue weighted by atomic mass is 16.5. The summed E-state index contributed by atoms with van der Waals surface area (Å²) in [7, 11) is 3.17. The summed E-state index contributed by atoms with van der Waals surface area (Å²) in [5.41, 5.74) is 1.84. The van der Waals surface area contributed by atoms with E-state index < -0.39 is 0 Å². The Balaban J connectivity index is 1.53. The quantitative estimate of drug-likeness (QED) is 0.631. The number of carbonyl (C=O) groups excluding carboxylic acids is 2. The highest BCUT2D eigenvalue weighted by molar-refractivity contribution is 5.80. The average molecular weight is 441 g/mol. The summed E-state index contributed by atoms with van der Waals surface area (Å²) in [6.45, 7) is 4.97.